The van der Waals surface area contributed by atoms with Crippen molar-refractivity contribution in [3.63, 3.8) is 0 Å². The summed E-state index contributed by atoms with van der Waals surface area (Å²) in [4.78, 5) is 35.2. The summed E-state index contributed by atoms with van der Waals surface area (Å²) in [6.45, 7) is 4.01. The number of carbonyl (C=O) groups excluding carboxylic acids is 2. The Labute approximate surface area is 333 Å². The molecule has 0 amide bonds. The molecule has 314 valence electrons. The predicted molar refractivity (Wildman–Crippen MR) is 225 cm³/mol. The Morgan fingerprint density at radius 2 is 1.29 bits per heavy atom. The van der Waals surface area contributed by atoms with E-state index >= 15 is 0 Å². The zero-order chi connectivity index (χ0) is 40.9. The van der Waals surface area contributed by atoms with Gasteiger partial charge in [0.2, 0.25) is 0 Å². The van der Waals surface area contributed by atoms with Crippen LogP contribution in [0.15, 0.2) is 85.1 Å². The average molecular weight is 793 g/mol. The number of phosphoric acid groups is 1. The van der Waals surface area contributed by atoms with Gasteiger partial charge in [0.25, 0.3) is 0 Å². The number of allylic oxidation sites excluding steroid dienone is 12. The van der Waals surface area contributed by atoms with Crippen molar-refractivity contribution in [1.29, 1.82) is 0 Å². The van der Waals surface area contributed by atoms with Crippen LogP contribution in [0.5, 0.6) is 0 Å². The molecule has 3 atom stereocenters. The summed E-state index contributed by atoms with van der Waals surface area (Å²) in [6, 6.07) is 0. The summed E-state index contributed by atoms with van der Waals surface area (Å²) >= 11 is 0. The van der Waals surface area contributed by atoms with Gasteiger partial charge >= 0.3 is 19.8 Å². The number of likely N-dealkylation sites (N-methyl/N-ethyl adjacent to an activating group) is 1. The van der Waals surface area contributed by atoms with Crippen LogP contribution in [0.25, 0.3) is 0 Å². The lowest BCUT2D eigenvalue weighted by Crippen LogP contribution is -2.37. The van der Waals surface area contributed by atoms with Gasteiger partial charge in [-0.15, -0.1) is 0 Å². The standard InChI is InChI=1S/C44H74NO9P/c1-6-8-10-12-14-16-18-19-21-22-24-26-29-33-41(46)34-30-28-32-36-44(48)54-42(40-53-55(49,50)52-38-37-45(3,4)5)39-51-43(47)35-31-27-25-23-20-17-15-13-11-9-7-2/h8,10,13-16,19,21,24,26,28-30,33,41-42,46H,6-7,9,11-12,17-18,20,22-23,25,27,31-32,34-40H2,1-5H3/p+1/b10-8-,15-13-,16-14-,21-19-,26-24-,30-28-,33-29-/t41?,42-/m1/s1. The Hall–Kier alpha value is -2.85. The molecule has 0 aliphatic heterocycles. The summed E-state index contributed by atoms with van der Waals surface area (Å²) in [5.74, 6) is -1.00. The Balaban J connectivity index is 4.66. The highest BCUT2D eigenvalue weighted by Gasteiger charge is 2.27. The van der Waals surface area contributed by atoms with E-state index in [0.717, 1.165) is 64.2 Å². The summed E-state index contributed by atoms with van der Waals surface area (Å²) in [5, 5.41) is 10.2. The number of hydrogen-bond donors (Lipinski definition) is 2. The highest BCUT2D eigenvalue weighted by atomic mass is 31.2. The minimum absolute atomic E-state index is 0.00632. The zero-order valence-corrected chi connectivity index (χ0v) is 35.6. The normalized spacial score (nSPS) is 15.1. The van der Waals surface area contributed by atoms with Gasteiger partial charge in [0.15, 0.2) is 6.10 Å². The van der Waals surface area contributed by atoms with Crippen molar-refractivity contribution in [2.45, 2.75) is 135 Å². The van der Waals surface area contributed by atoms with E-state index in [1.807, 2.05) is 39.4 Å². The third-order valence-electron chi connectivity index (χ3n) is 8.00. The van der Waals surface area contributed by atoms with Crippen LogP contribution >= 0.6 is 7.82 Å². The number of rotatable bonds is 35. The summed E-state index contributed by atoms with van der Waals surface area (Å²) < 4.78 is 34.0. The van der Waals surface area contributed by atoms with Gasteiger partial charge in [0, 0.05) is 12.8 Å². The van der Waals surface area contributed by atoms with Crippen molar-refractivity contribution in [3.8, 4) is 0 Å². The first kappa shape index (κ1) is 52.2. The maximum absolute atomic E-state index is 12.6. The fraction of sp³-hybridized carbons (Fsp3) is 0.636. The topological polar surface area (TPSA) is 129 Å². The smallest absolute Gasteiger partial charge is 0.462 e. The fourth-order valence-electron chi connectivity index (χ4n) is 4.75. The highest BCUT2D eigenvalue weighted by Crippen LogP contribution is 2.43. The molecule has 0 spiro atoms. The number of ether oxygens (including phenoxy) is 2. The van der Waals surface area contributed by atoms with Gasteiger partial charge < -0.3 is 24.0 Å². The number of aliphatic hydroxyl groups is 1. The molecule has 2 N–H and O–H groups in total. The number of quaternary nitrogens is 1. The Morgan fingerprint density at radius 3 is 1.96 bits per heavy atom. The van der Waals surface area contributed by atoms with Gasteiger partial charge in [-0.25, -0.2) is 4.57 Å². The predicted octanol–water partition coefficient (Wildman–Crippen LogP) is 10.2. The Kier molecular flexibility index (Phi) is 33.7. The van der Waals surface area contributed by atoms with Crippen molar-refractivity contribution in [2.75, 3.05) is 47.5 Å². The molecule has 0 saturated heterocycles. The lowest BCUT2D eigenvalue weighted by molar-refractivity contribution is -0.870. The molecule has 0 saturated carbocycles. The molecular formula is C44H75NO9P+. The van der Waals surface area contributed by atoms with Crippen LogP contribution < -0.4 is 0 Å². The van der Waals surface area contributed by atoms with Crippen LogP contribution in [0.1, 0.15) is 123 Å². The van der Waals surface area contributed by atoms with E-state index in [1.54, 1.807) is 18.2 Å². The van der Waals surface area contributed by atoms with Crippen LogP contribution in [-0.4, -0.2) is 86.1 Å². The maximum atomic E-state index is 12.6. The molecule has 0 aliphatic rings. The number of phosphoric ester groups is 1. The van der Waals surface area contributed by atoms with Crippen molar-refractivity contribution < 1.29 is 47.2 Å². The first-order valence-corrected chi connectivity index (χ1v) is 21.9. The van der Waals surface area contributed by atoms with E-state index in [-0.39, 0.29) is 26.1 Å². The summed E-state index contributed by atoms with van der Waals surface area (Å²) in [7, 11) is 1.35. The first-order chi connectivity index (χ1) is 26.4. The van der Waals surface area contributed by atoms with Crippen LogP contribution in [0.2, 0.25) is 0 Å². The number of hydrogen-bond acceptors (Lipinski definition) is 8. The quantitative estimate of drug-likeness (QED) is 0.0161. The van der Waals surface area contributed by atoms with Crippen molar-refractivity contribution in [1.82, 2.24) is 0 Å². The lowest BCUT2D eigenvalue weighted by atomic mass is 10.1. The van der Waals surface area contributed by atoms with E-state index in [2.05, 4.69) is 62.5 Å². The lowest BCUT2D eigenvalue weighted by Gasteiger charge is -2.24. The second kappa shape index (κ2) is 35.6. The SMILES string of the molecule is CC/C=C\C/C=C\C/C=C\C/C=C\C=C/C(O)C/C=C\CCC(=O)O[C@H](COC(=O)CCCCCCC/C=C\CCCC)COP(=O)(O)OCC[N+](C)(C)C. The molecule has 2 unspecified atom stereocenters. The molecule has 0 fully saturated rings. The van der Waals surface area contributed by atoms with Crippen LogP contribution in [0, 0.1) is 0 Å². The monoisotopic (exact) mass is 793 g/mol. The van der Waals surface area contributed by atoms with E-state index in [1.165, 1.54) is 12.8 Å². The van der Waals surface area contributed by atoms with Crippen molar-refractivity contribution in [3.05, 3.63) is 85.1 Å². The van der Waals surface area contributed by atoms with Crippen LogP contribution in [-0.2, 0) is 32.7 Å². The summed E-state index contributed by atoms with van der Waals surface area (Å²) in [6.07, 6.45) is 41.0. The number of aliphatic hydroxyl groups excluding tert-OH is 1. The van der Waals surface area contributed by atoms with E-state index in [4.69, 9.17) is 18.5 Å². The van der Waals surface area contributed by atoms with Crippen molar-refractivity contribution >= 4 is 19.8 Å². The fourth-order valence-corrected chi connectivity index (χ4v) is 5.49. The molecule has 0 aliphatic carbocycles. The molecule has 0 aromatic heterocycles. The number of nitrogens with zero attached hydrogens (tertiary/aromatic N) is 1. The third-order valence-corrected chi connectivity index (χ3v) is 8.99. The van der Waals surface area contributed by atoms with E-state index in [9.17, 15) is 24.2 Å². The second-order valence-electron chi connectivity index (χ2n) is 14.5. The number of esters is 2. The third kappa shape index (κ3) is 39.2. The van der Waals surface area contributed by atoms with E-state index < -0.39 is 38.6 Å². The maximum Gasteiger partial charge on any atom is 0.472 e. The van der Waals surface area contributed by atoms with E-state index in [0.29, 0.717) is 30.3 Å². The largest absolute Gasteiger partial charge is 0.472 e. The van der Waals surface area contributed by atoms with Crippen molar-refractivity contribution in [2.24, 2.45) is 0 Å². The molecule has 10 nitrogen and oxygen atoms in total. The molecule has 0 aromatic carbocycles. The van der Waals surface area contributed by atoms with Gasteiger partial charge in [-0.2, -0.15) is 0 Å². The Bertz CT molecular complexity index is 1230. The average Bonchev–Trinajstić information content (AvgIpc) is 3.12. The van der Waals surface area contributed by atoms with Gasteiger partial charge in [0.1, 0.15) is 19.8 Å². The molecule has 55 heavy (non-hydrogen) atoms. The highest BCUT2D eigenvalue weighted by molar-refractivity contribution is 7.47. The summed E-state index contributed by atoms with van der Waals surface area (Å²) in [5.41, 5.74) is 0. The van der Waals surface area contributed by atoms with Crippen LogP contribution in [0.4, 0.5) is 0 Å². The van der Waals surface area contributed by atoms with Gasteiger partial charge in [-0.1, -0.05) is 131 Å². The minimum Gasteiger partial charge on any atom is -0.462 e. The van der Waals surface area contributed by atoms with Gasteiger partial charge in [0.05, 0.1) is 33.9 Å². The molecule has 0 heterocycles. The molecule has 0 bridgehead atoms. The molecule has 11 heteroatoms. The second-order valence-corrected chi connectivity index (χ2v) is 15.9. The number of carbonyl (C=O) groups is 2. The van der Waals surface area contributed by atoms with Gasteiger partial charge in [-0.05, 0) is 64.2 Å². The molecule has 0 radical (unpaired) electrons. The molecule has 0 rings (SSSR count). The zero-order valence-electron chi connectivity index (χ0n) is 34.7. The molecule has 0 aromatic rings. The van der Waals surface area contributed by atoms with Crippen LogP contribution in [0.3, 0.4) is 0 Å². The number of unbranched alkanes of at least 4 members (excludes halogenated alkanes) is 7. The molecular weight excluding hydrogens is 717 g/mol. The Morgan fingerprint density at radius 1 is 0.673 bits per heavy atom. The van der Waals surface area contributed by atoms with Gasteiger partial charge in [-0.3, -0.25) is 18.6 Å². The minimum atomic E-state index is -4.43. The first-order valence-electron chi connectivity index (χ1n) is 20.4.